The summed E-state index contributed by atoms with van der Waals surface area (Å²) in [6.07, 6.45) is 0.756. The Hall–Kier alpha value is -2.31. The van der Waals surface area contributed by atoms with Crippen molar-refractivity contribution < 1.29 is 14.3 Å². The van der Waals surface area contributed by atoms with Gasteiger partial charge in [-0.1, -0.05) is 19.4 Å². The maximum atomic E-state index is 13.4. The van der Waals surface area contributed by atoms with Crippen LogP contribution in [0.3, 0.4) is 0 Å². The van der Waals surface area contributed by atoms with Gasteiger partial charge in [-0.05, 0) is 41.0 Å². The number of aliphatic carboxylic acids is 1. The van der Waals surface area contributed by atoms with E-state index in [0.29, 0.717) is 24.4 Å². The molecule has 1 unspecified atom stereocenters. The van der Waals surface area contributed by atoms with Gasteiger partial charge in [0.2, 0.25) is 0 Å². The van der Waals surface area contributed by atoms with Gasteiger partial charge >= 0.3 is 5.97 Å². The van der Waals surface area contributed by atoms with E-state index in [1.54, 1.807) is 10.7 Å². The summed E-state index contributed by atoms with van der Waals surface area (Å²) in [4.78, 5) is 10.8. The highest BCUT2D eigenvalue weighted by Gasteiger charge is 2.17. The first-order valence-electron chi connectivity index (χ1n) is 6.75. The Morgan fingerprint density at radius 1 is 1.48 bits per heavy atom. The van der Waals surface area contributed by atoms with Crippen LogP contribution in [0, 0.1) is 18.7 Å². The number of aryl methyl sites for hydroxylation is 1. The van der Waals surface area contributed by atoms with Crippen LogP contribution in [0.1, 0.15) is 25.3 Å². The van der Waals surface area contributed by atoms with E-state index < -0.39 is 5.97 Å². The molecule has 1 aromatic heterocycles. The predicted octanol–water partition coefficient (Wildman–Crippen LogP) is 2.29. The maximum absolute atomic E-state index is 13.4. The molecule has 1 aromatic carbocycles. The molecular formula is C14H17FN4O2. The van der Waals surface area contributed by atoms with Crippen LogP contribution in [-0.2, 0) is 11.3 Å². The van der Waals surface area contributed by atoms with Gasteiger partial charge in [0.05, 0.1) is 0 Å². The van der Waals surface area contributed by atoms with E-state index in [2.05, 4.69) is 15.5 Å². The Kier molecular flexibility index (Phi) is 4.62. The summed E-state index contributed by atoms with van der Waals surface area (Å²) in [6, 6.07) is 4.43. The van der Waals surface area contributed by atoms with Gasteiger partial charge in [-0.25, -0.2) is 9.07 Å². The molecule has 0 saturated heterocycles. The molecule has 112 valence electrons. The number of tetrazole rings is 1. The SMILES string of the molecule is CCC(CC(=O)O)Cn1nnnc1-c1cc(F)ccc1C. The fourth-order valence-corrected chi connectivity index (χ4v) is 2.19. The summed E-state index contributed by atoms with van der Waals surface area (Å²) in [7, 11) is 0. The van der Waals surface area contributed by atoms with Crippen LogP contribution in [0.4, 0.5) is 4.39 Å². The molecule has 0 saturated carbocycles. The van der Waals surface area contributed by atoms with E-state index in [9.17, 15) is 9.18 Å². The molecule has 1 atom stereocenters. The lowest BCUT2D eigenvalue weighted by molar-refractivity contribution is -0.138. The molecule has 1 N–H and O–H groups in total. The third kappa shape index (κ3) is 3.62. The number of carbonyl (C=O) groups is 1. The average Bonchev–Trinajstić information content (AvgIpc) is 2.88. The number of halogens is 1. The van der Waals surface area contributed by atoms with Crippen molar-refractivity contribution in [1.82, 2.24) is 20.2 Å². The molecule has 2 rings (SSSR count). The number of carboxylic acids is 1. The number of aromatic nitrogens is 4. The molecule has 21 heavy (non-hydrogen) atoms. The van der Waals surface area contributed by atoms with Crippen molar-refractivity contribution in [2.24, 2.45) is 5.92 Å². The molecule has 0 aliphatic carbocycles. The molecule has 0 radical (unpaired) electrons. The van der Waals surface area contributed by atoms with Crippen LogP contribution >= 0.6 is 0 Å². The van der Waals surface area contributed by atoms with Gasteiger partial charge in [0.15, 0.2) is 5.82 Å². The zero-order chi connectivity index (χ0) is 15.4. The van der Waals surface area contributed by atoms with Gasteiger partial charge in [0.25, 0.3) is 0 Å². The number of carboxylic acid groups (broad SMARTS) is 1. The van der Waals surface area contributed by atoms with E-state index >= 15 is 0 Å². The smallest absolute Gasteiger partial charge is 0.303 e. The predicted molar refractivity (Wildman–Crippen MR) is 74.0 cm³/mol. The second-order valence-corrected chi connectivity index (χ2v) is 5.02. The standard InChI is InChI=1S/C14H17FN4O2/c1-3-10(6-13(20)21)8-19-14(16-17-18-19)12-7-11(15)5-4-9(12)2/h4-5,7,10H,3,6,8H2,1-2H3,(H,20,21). The Bertz CT molecular complexity index is 642. The Balaban J connectivity index is 2.30. The molecule has 0 amide bonds. The minimum absolute atomic E-state index is 0.0535. The summed E-state index contributed by atoms with van der Waals surface area (Å²) in [5.41, 5.74) is 1.48. The molecule has 6 nitrogen and oxygen atoms in total. The van der Waals surface area contributed by atoms with Crippen molar-refractivity contribution in [3.8, 4) is 11.4 Å². The van der Waals surface area contributed by atoms with Crippen molar-refractivity contribution in [1.29, 1.82) is 0 Å². The minimum Gasteiger partial charge on any atom is -0.481 e. The number of benzene rings is 1. The van der Waals surface area contributed by atoms with Gasteiger partial charge in [-0.3, -0.25) is 4.79 Å². The molecule has 0 aliphatic heterocycles. The maximum Gasteiger partial charge on any atom is 0.303 e. The molecule has 0 spiro atoms. The third-order valence-corrected chi connectivity index (χ3v) is 3.44. The fraction of sp³-hybridized carbons (Fsp3) is 0.429. The van der Waals surface area contributed by atoms with Crippen molar-refractivity contribution in [2.75, 3.05) is 0 Å². The number of hydrogen-bond donors (Lipinski definition) is 1. The topological polar surface area (TPSA) is 80.9 Å². The quantitative estimate of drug-likeness (QED) is 0.883. The van der Waals surface area contributed by atoms with Crippen LogP contribution in [0.2, 0.25) is 0 Å². The highest BCUT2D eigenvalue weighted by molar-refractivity contribution is 5.67. The second kappa shape index (κ2) is 6.43. The summed E-state index contributed by atoms with van der Waals surface area (Å²) < 4.78 is 15.0. The third-order valence-electron chi connectivity index (χ3n) is 3.44. The Morgan fingerprint density at radius 3 is 2.90 bits per heavy atom. The number of nitrogens with zero attached hydrogens (tertiary/aromatic N) is 4. The zero-order valence-electron chi connectivity index (χ0n) is 12.0. The summed E-state index contributed by atoms with van der Waals surface area (Å²) in [5, 5.41) is 20.4. The molecule has 0 aliphatic rings. The van der Waals surface area contributed by atoms with Gasteiger partial charge in [-0.2, -0.15) is 0 Å². The van der Waals surface area contributed by atoms with Crippen LogP contribution in [0.5, 0.6) is 0 Å². The normalized spacial score (nSPS) is 12.3. The van der Waals surface area contributed by atoms with Gasteiger partial charge in [-0.15, -0.1) is 5.10 Å². The fourth-order valence-electron chi connectivity index (χ4n) is 2.19. The summed E-state index contributed by atoms with van der Waals surface area (Å²) >= 11 is 0. The van der Waals surface area contributed by atoms with Crippen molar-refractivity contribution in [3.05, 3.63) is 29.6 Å². The van der Waals surface area contributed by atoms with Crippen molar-refractivity contribution >= 4 is 5.97 Å². The number of hydrogen-bond acceptors (Lipinski definition) is 4. The van der Waals surface area contributed by atoms with E-state index in [1.807, 2.05) is 13.8 Å². The highest BCUT2D eigenvalue weighted by atomic mass is 19.1. The second-order valence-electron chi connectivity index (χ2n) is 5.02. The van der Waals surface area contributed by atoms with E-state index in [-0.39, 0.29) is 18.2 Å². The molecule has 0 fully saturated rings. The first kappa shape index (κ1) is 15.1. The van der Waals surface area contributed by atoms with Crippen LogP contribution in [0.25, 0.3) is 11.4 Å². The first-order chi connectivity index (χ1) is 10.0. The van der Waals surface area contributed by atoms with Crippen LogP contribution < -0.4 is 0 Å². The lowest BCUT2D eigenvalue weighted by atomic mass is 10.0. The van der Waals surface area contributed by atoms with E-state index in [1.165, 1.54) is 12.1 Å². The number of rotatable bonds is 6. The molecule has 1 heterocycles. The van der Waals surface area contributed by atoms with Crippen molar-refractivity contribution in [3.63, 3.8) is 0 Å². The highest BCUT2D eigenvalue weighted by Crippen LogP contribution is 2.23. The summed E-state index contributed by atoms with van der Waals surface area (Å²) in [5.74, 6) is -0.824. The molecular weight excluding hydrogens is 275 g/mol. The van der Waals surface area contributed by atoms with E-state index in [4.69, 9.17) is 5.11 Å². The summed E-state index contributed by atoms with van der Waals surface area (Å²) in [6.45, 7) is 4.16. The monoisotopic (exact) mass is 292 g/mol. The Labute approximate surface area is 121 Å². The largest absolute Gasteiger partial charge is 0.481 e. The van der Waals surface area contributed by atoms with Gasteiger partial charge in [0, 0.05) is 18.5 Å². The lowest BCUT2D eigenvalue weighted by Gasteiger charge is -2.13. The minimum atomic E-state index is -0.849. The zero-order valence-corrected chi connectivity index (χ0v) is 12.0. The molecule has 7 heteroatoms. The van der Waals surface area contributed by atoms with Gasteiger partial charge < -0.3 is 5.11 Å². The van der Waals surface area contributed by atoms with E-state index in [0.717, 1.165) is 5.56 Å². The van der Waals surface area contributed by atoms with Gasteiger partial charge in [0.1, 0.15) is 5.82 Å². The molecule has 2 aromatic rings. The van der Waals surface area contributed by atoms with Crippen LogP contribution in [-0.4, -0.2) is 31.3 Å². The Morgan fingerprint density at radius 2 is 2.24 bits per heavy atom. The first-order valence-corrected chi connectivity index (χ1v) is 6.75. The van der Waals surface area contributed by atoms with Crippen LogP contribution in [0.15, 0.2) is 18.2 Å². The van der Waals surface area contributed by atoms with Crippen molar-refractivity contribution in [2.45, 2.75) is 33.2 Å². The average molecular weight is 292 g/mol. The lowest BCUT2D eigenvalue weighted by Crippen LogP contribution is -2.16. The molecule has 0 bridgehead atoms.